The fourth-order valence-electron chi connectivity index (χ4n) is 4.04. The third-order valence-electron chi connectivity index (χ3n) is 5.71. The molecule has 3 aromatic heterocycles. The SMILES string of the molecule is Cc1ccc(C(=O)N2CCCC(c3nc4ccc(-c5cccc(F)c5)cn4n3)C2)nc1. The molecule has 0 aliphatic carbocycles. The second-order valence-electron chi connectivity index (χ2n) is 8.01. The average Bonchev–Trinajstić information content (AvgIpc) is 3.23. The summed E-state index contributed by atoms with van der Waals surface area (Å²) >= 11 is 0. The first-order valence-corrected chi connectivity index (χ1v) is 10.4. The number of benzene rings is 1. The summed E-state index contributed by atoms with van der Waals surface area (Å²) in [6.45, 7) is 3.23. The molecule has 0 bridgehead atoms. The third-order valence-corrected chi connectivity index (χ3v) is 5.71. The minimum absolute atomic E-state index is 0.0538. The van der Waals surface area contributed by atoms with Gasteiger partial charge in [0.05, 0.1) is 0 Å². The van der Waals surface area contributed by atoms with Crippen LogP contribution in [0.4, 0.5) is 4.39 Å². The fourth-order valence-corrected chi connectivity index (χ4v) is 4.04. The van der Waals surface area contributed by atoms with E-state index in [-0.39, 0.29) is 17.6 Å². The van der Waals surface area contributed by atoms with E-state index in [1.54, 1.807) is 22.8 Å². The molecule has 5 rings (SSSR count). The highest BCUT2D eigenvalue weighted by atomic mass is 19.1. The molecule has 1 fully saturated rings. The molecule has 1 aliphatic heterocycles. The zero-order chi connectivity index (χ0) is 21.4. The van der Waals surface area contributed by atoms with Crippen molar-refractivity contribution in [2.45, 2.75) is 25.7 Å². The number of aromatic nitrogens is 4. The number of aryl methyl sites for hydroxylation is 1. The van der Waals surface area contributed by atoms with E-state index in [4.69, 9.17) is 4.98 Å². The van der Waals surface area contributed by atoms with Crippen molar-refractivity contribution in [2.75, 3.05) is 13.1 Å². The van der Waals surface area contributed by atoms with Crippen LogP contribution in [-0.2, 0) is 0 Å². The largest absolute Gasteiger partial charge is 0.337 e. The Balaban J connectivity index is 1.38. The molecule has 31 heavy (non-hydrogen) atoms. The van der Waals surface area contributed by atoms with Gasteiger partial charge < -0.3 is 4.90 Å². The van der Waals surface area contributed by atoms with Crippen LogP contribution in [-0.4, -0.2) is 43.5 Å². The zero-order valence-electron chi connectivity index (χ0n) is 17.2. The maximum atomic E-state index is 13.6. The van der Waals surface area contributed by atoms with Gasteiger partial charge in [-0.15, -0.1) is 0 Å². The van der Waals surface area contributed by atoms with E-state index in [2.05, 4.69) is 10.1 Å². The number of amides is 1. The number of rotatable bonds is 3. The van der Waals surface area contributed by atoms with Crippen LogP contribution in [0.3, 0.4) is 0 Å². The zero-order valence-corrected chi connectivity index (χ0v) is 17.2. The molecule has 1 unspecified atom stereocenters. The topological polar surface area (TPSA) is 63.4 Å². The number of halogens is 1. The van der Waals surface area contributed by atoms with Crippen molar-refractivity contribution in [3.05, 3.63) is 83.8 Å². The molecule has 6 nitrogen and oxygen atoms in total. The summed E-state index contributed by atoms with van der Waals surface area (Å²) in [5, 5.41) is 4.68. The summed E-state index contributed by atoms with van der Waals surface area (Å²) in [7, 11) is 0. The maximum Gasteiger partial charge on any atom is 0.272 e. The summed E-state index contributed by atoms with van der Waals surface area (Å²) in [5.41, 5.74) is 3.89. The van der Waals surface area contributed by atoms with E-state index in [1.165, 1.54) is 12.1 Å². The molecule has 0 spiro atoms. The van der Waals surface area contributed by atoms with Crippen molar-refractivity contribution in [1.29, 1.82) is 0 Å². The summed E-state index contributed by atoms with van der Waals surface area (Å²) in [6, 6.07) is 14.0. The molecule has 0 radical (unpaired) electrons. The molecular formula is C24H22FN5O. The Kier molecular flexibility index (Phi) is 4.94. The van der Waals surface area contributed by atoms with Crippen molar-refractivity contribution in [2.24, 2.45) is 0 Å². The van der Waals surface area contributed by atoms with Gasteiger partial charge in [0.1, 0.15) is 11.5 Å². The van der Waals surface area contributed by atoms with Gasteiger partial charge in [0.15, 0.2) is 11.5 Å². The third kappa shape index (κ3) is 3.91. The predicted molar refractivity (Wildman–Crippen MR) is 115 cm³/mol. The standard InChI is InChI=1S/C24H22FN5O/c1-16-7-9-21(26-13-16)24(31)29-11-3-5-19(14-29)23-27-22-10-8-18(15-30(22)28-23)17-4-2-6-20(25)12-17/h2,4,6-10,12-13,15,19H,3,5,11,14H2,1H3. The molecule has 156 valence electrons. The van der Waals surface area contributed by atoms with Gasteiger partial charge in [-0.05, 0) is 61.2 Å². The van der Waals surface area contributed by atoms with Crippen molar-refractivity contribution in [1.82, 2.24) is 24.5 Å². The first kappa shape index (κ1) is 19.4. The van der Waals surface area contributed by atoms with Gasteiger partial charge >= 0.3 is 0 Å². The Labute approximate surface area is 179 Å². The van der Waals surface area contributed by atoms with Crippen molar-refractivity contribution < 1.29 is 9.18 Å². The van der Waals surface area contributed by atoms with Crippen LogP contribution in [0.15, 0.2) is 60.9 Å². The highest BCUT2D eigenvalue weighted by Gasteiger charge is 2.28. The van der Waals surface area contributed by atoms with E-state index >= 15 is 0 Å². The van der Waals surface area contributed by atoms with Gasteiger partial charge in [-0.25, -0.2) is 13.9 Å². The van der Waals surface area contributed by atoms with Crippen LogP contribution in [0.5, 0.6) is 0 Å². The molecule has 1 amide bonds. The van der Waals surface area contributed by atoms with Gasteiger partial charge in [-0.2, -0.15) is 5.10 Å². The van der Waals surface area contributed by atoms with E-state index < -0.39 is 0 Å². The highest BCUT2D eigenvalue weighted by molar-refractivity contribution is 5.92. The predicted octanol–water partition coefficient (Wildman–Crippen LogP) is 4.26. The molecule has 4 heterocycles. The summed E-state index contributed by atoms with van der Waals surface area (Å²) in [5.74, 6) is 0.472. The number of pyridine rings is 2. The summed E-state index contributed by atoms with van der Waals surface area (Å²) in [6.07, 6.45) is 5.40. The van der Waals surface area contributed by atoms with Gasteiger partial charge in [-0.3, -0.25) is 9.78 Å². The lowest BCUT2D eigenvalue weighted by Gasteiger charge is -2.31. The summed E-state index contributed by atoms with van der Waals surface area (Å²) < 4.78 is 15.3. The van der Waals surface area contributed by atoms with Crippen molar-refractivity contribution in [3.63, 3.8) is 0 Å². The van der Waals surface area contributed by atoms with Crippen molar-refractivity contribution in [3.8, 4) is 11.1 Å². The van der Waals surface area contributed by atoms with Crippen LogP contribution in [0, 0.1) is 12.7 Å². The number of piperidine rings is 1. The number of hydrogen-bond acceptors (Lipinski definition) is 4. The second-order valence-corrected chi connectivity index (χ2v) is 8.01. The Morgan fingerprint density at radius 2 is 2.03 bits per heavy atom. The molecule has 0 saturated carbocycles. The number of carbonyl (C=O) groups excluding carboxylic acids is 1. The van der Waals surface area contributed by atoms with E-state index in [1.807, 2.05) is 42.3 Å². The smallest absolute Gasteiger partial charge is 0.272 e. The minimum atomic E-state index is -0.271. The van der Waals surface area contributed by atoms with Gasteiger partial charge in [0.25, 0.3) is 5.91 Å². The molecule has 4 aromatic rings. The first-order valence-electron chi connectivity index (χ1n) is 10.4. The molecule has 1 saturated heterocycles. The second kappa shape index (κ2) is 7.91. The fraction of sp³-hybridized carbons (Fsp3) is 0.250. The highest BCUT2D eigenvalue weighted by Crippen LogP contribution is 2.27. The van der Waals surface area contributed by atoms with Crippen LogP contribution >= 0.6 is 0 Å². The lowest BCUT2D eigenvalue weighted by molar-refractivity contribution is 0.0698. The number of likely N-dealkylation sites (tertiary alicyclic amines) is 1. The normalized spacial score (nSPS) is 16.6. The average molecular weight is 415 g/mol. The maximum absolute atomic E-state index is 13.6. The molecule has 0 N–H and O–H groups in total. The van der Waals surface area contributed by atoms with Crippen LogP contribution in [0.1, 0.15) is 40.6 Å². The van der Waals surface area contributed by atoms with E-state index in [0.29, 0.717) is 18.8 Å². The lowest BCUT2D eigenvalue weighted by Crippen LogP contribution is -2.39. The molecule has 1 aliphatic rings. The quantitative estimate of drug-likeness (QED) is 0.502. The van der Waals surface area contributed by atoms with Crippen LogP contribution < -0.4 is 0 Å². The summed E-state index contributed by atoms with van der Waals surface area (Å²) in [4.78, 5) is 23.7. The Bertz CT molecular complexity index is 1250. The van der Waals surface area contributed by atoms with Crippen LogP contribution in [0.25, 0.3) is 16.8 Å². The number of hydrogen-bond donors (Lipinski definition) is 0. The molecular weight excluding hydrogens is 393 g/mol. The minimum Gasteiger partial charge on any atom is -0.337 e. The van der Waals surface area contributed by atoms with Gasteiger partial charge in [0, 0.05) is 37.0 Å². The number of fused-ring (bicyclic) bond motifs is 1. The van der Waals surface area contributed by atoms with Gasteiger partial charge in [0.2, 0.25) is 0 Å². The Morgan fingerprint density at radius 1 is 1.13 bits per heavy atom. The number of nitrogens with zero attached hydrogens (tertiary/aromatic N) is 5. The number of carbonyl (C=O) groups is 1. The van der Waals surface area contributed by atoms with Crippen LogP contribution in [0.2, 0.25) is 0 Å². The Hall–Kier alpha value is -3.61. The molecule has 1 atom stereocenters. The van der Waals surface area contributed by atoms with E-state index in [9.17, 15) is 9.18 Å². The molecule has 7 heteroatoms. The van der Waals surface area contributed by atoms with Gasteiger partial charge in [-0.1, -0.05) is 18.2 Å². The Morgan fingerprint density at radius 3 is 2.84 bits per heavy atom. The first-order chi connectivity index (χ1) is 15.1. The monoisotopic (exact) mass is 415 g/mol. The van der Waals surface area contributed by atoms with E-state index in [0.717, 1.165) is 41.0 Å². The van der Waals surface area contributed by atoms with Crippen molar-refractivity contribution >= 4 is 11.6 Å². The molecule has 1 aromatic carbocycles. The lowest BCUT2D eigenvalue weighted by atomic mass is 9.97.